The Morgan fingerprint density at radius 3 is 2.57 bits per heavy atom. The van der Waals surface area contributed by atoms with E-state index in [4.69, 9.17) is 0 Å². The third-order valence-corrected chi connectivity index (χ3v) is 8.38. The lowest BCUT2D eigenvalue weighted by Crippen LogP contribution is -2.53. The lowest BCUT2D eigenvalue weighted by atomic mass is 10.0. The van der Waals surface area contributed by atoms with Gasteiger partial charge in [0.25, 0.3) is 11.8 Å². The number of nitrogens with zero attached hydrogens (tertiary/aromatic N) is 3. The minimum Gasteiger partial charge on any atom is -0.508 e. The highest BCUT2D eigenvalue weighted by Crippen LogP contribution is 2.32. The van der Waals surface area contributed by atoms with Crippen molar-refractivity contribution in [2.75, 3.05) is 13.1 Å². The van der Waals surface area contributed by atoms with Crippen LogP contribution in [0.4, 0.5) is 0 Å². The van der Waals surface area contributed by atoms with Crippen molar-refractivity contribution in [3.8, 4) is 5.75 Å². The number of ketones is 1. The molecule has 0 radical (unpaired) electrons. The number of pyridine rings is 1. The Morgan fingerprint density at radius 2 is 1.79 bits per heavy atom. The van der Waals surface area contributed by atoms with Gasteiger partial charge in [-0.2, -0.15) is 0 Å². The molecule has 0 saturated carbocycles. The molecule has 3 aromatic carbocycles. The van der Waals surface area contributed by atoms with E-state index in [-0.39, 0.29) is 37.0 Å². The van der Waals surface area contributed by atoms with Gasteiger partial charge in [-0.15, -0.1) is 0 Å². The number of halogens is 1. The maximum absolute atomic E-state index is 14.0. The molecule has 6 rings (SSSR count). The zero-order valence-electron chi connectivity index (χ0n) is 22.4. The number of aromatic nitrogens is 1. The molecule has 0 bridgehead atoms. The largest absolute Gasteiger partial charge is 0.508 e. The third-order valence-electron chi connectivity index (χ3n) is 7.88. The average molecular weight is 627 g/mol. The molecule has 42 heavy (non-hydrogen) atoms. The first-order chi connectivity index (χ1) is 20.3. The summed E-state index contributed by atoms with van der Waals surface area (Å²) in [5.74, 6) is -1.20. The second kappa shape index (κ2) is 11.4. The maximum Gasteiger partial charge on any atom is 0.254 e. The summed E-state index contributed by atoms with van der Waals surface area (Å²) in [5, 5.41) is 13.4. The fraction of sp³-hybridized carbons (Fsp3) is 0.219. The fourth-order valence-electron chi connectivity index (χ4n) is 5.85. The number of hydrogen-bond donors (Lipinski definition) is 2. The van der Waals surface area contributed by atoms with Crippen LogP contribution in [-0.4, -0.2) is 74.6 Å². The molecule has 3 amide bonds. The van der Waals surface area contributed by atoms with E-state index >= 15 is 0 Å². The molecule has 10 heteroatoms. The summed E-state index contributed by atoms with van der Waals surface area (Å²) in [6.07, 6.45) is 2.30. The van der Waals surface area contributed by atoms with Gasteiger partial charge in [0.15, 0.2) is 5.78 Å². The second-order valence-electron chi connectivity index (χ2n) is 10.5. The number of amides is 3. The van der Waals surface area contributed by atoms with Crippen molar-refractivity contribution in [1.82, 2.24) is 20.1 Å². The van der Waals surface area contributed by atoms with Crippen molar-refractivity contribution in [3.05, 3.63) is 106 Å². The van der Waals surface area contributed by atoms with Crippen molar-refractivity contribution in [3.63, 3.8) is 0 Å². The SMILES string of the molecule is O=C(N[C@@H](Cc1ccc(O)cc1)C(=O)N1CCC2C1C(=O)CN2C(=O)c1ccc2ncccc2c1)c1cccc(Br)c1. The summed E-state index contributed by atoms with van der Waals surface area (Å²) in [6.45, 7) is 0.195. The van der Waals surface area contributed by atoms with Crippen molar-refractivity contribution in [2.45, 2.75) is 31.0 Å². The van der Waals surface area contributed by atoms with Gasteiger partial charge in [-0.05, 0) is 66.6 Å². The molecule has 0 aliphatic carbocycles. The maximum atomic E-state index is 14.0. The van der Waals surface area contributed by atoms with E-state index in [1.54, 1.807) is 71.8 Å². The van der Waals surface area contributed by atoms with Crippen LogP contribution in [0.3, 0.4) is 0 Å². The summed E-state index contributed by atoms with van der Waals surface area (Å²) in [5.41, 5.74) is 2.34. The Labute approximate surface area is 250 Å². The highest BCUT2D eigenvalue weighted by molar-refractivity contribution is 9.10. The molecular formula is C32H27BrN4O5. The van der Waals surface area contributed by atoms with Crippen LogP contribution in [0, 0.1) is 0 Å². The summed E-state index contributed by atoms with van der Waals surface area (Å²) < 4.78 is 0.725. The van der Waals surface area contributed by atoms with Crippen LogP contribution >= 0.6 is 15.9 Å². The molecule has 3 heterocycles. The highest BCUT2D eigenvalue weighted by Gasteiger charge is 2.52. The molecule has 0 spiro atoms. The number of fused-ring (bicyclic) bond motifs is 2. The van der Waals surface area contributed by atoms with Crippen LogP contribution in [0.15, 0.2) is 89.5 Å². The van der Waals surface area contributed by atoms with Gasteiger partial charge in [0.2, 0.25) is 5.91 Å². The number of aromatic hydroxyl groups is 1. The van der Waals surface area contributed by atoms with Gasteiger partial charge in [0.1, 0.15) is 17.8 Å². The predicted molar refractivity (Wildman–Crippen MR) is 159 cm³/mol. The Kier molecular flexibility index (Phi) is 7.47. The third kappa shape index (κ3) is 5.37. The zero-order chi connectivity index (χ0) is 29.4. The fourth-order valence-corrected chi connectivity index (χ4v) is 6.25. The minimum absolute atomic E-state index is 0.0872. The van der Waals surface area contributed by atoms with E-state index in [1.165, 1.54) is 17.0 Å². The van der Waals surface area contributed by atoms with Gasteiger partial charge >= 0.3 is 0 Å². The van der Waals surface area contributed by atoms with Crippen molar-refractivity contribution >= 4 is 50.3 Å². The van der Waals surface area contributed by atoms with Crippen molar-refractivity contribution < 1.29 is 24.3 Å². The Morgan fingerprint density at radius 1 is 0.976 bits per heavy atom. The molecule has 2 aliphatic heterocycles. The first-order valence-corrected chi connectivity index (χ1v) is 14.4. The molecule has 9 nitrogen and oxygen atoms in total. The summed E-state index contributed by atoms with van der Waals surface area (Å²) in [6, 6.07) is 20.0. The standard InChI is InChI=1S/C32H27BrN4O5/c33-23-5-1-3-21(17-23)30(40)35-26(15-19-6-9-24(38)10-7-19)32(42)36-14-12-27-29(36)28(39)18-37(27)31(41)22-8-11-25-20(16-22)4-2-13-34-25/h1-11,13,16-17,26-27,29,38H,12,14-15,18H2,(H,35,40)/t26-,27?,29?/m0/s1. The number of benzene rings is 3. The summed E-state index contributed by atoms with van der Waals surface area (Å²) in [4.78, 5) is 61.4. The number of phenols is 1. The summed E-state index contributed by atoms with van der Waals surface area (Å²) in [7, 11) is 0. The van der Waals surface area contributed by atoms with Gasteiger partial charge in [0.05, 0.1) is 18.1 Å². The molecule has 2 unspecified atom stereocenters. The quantitative estimate of drug-likeness (QED) is 0.336. The molecule has 2 fully saturated rings. The van der Waals surface area contributed by atoms with E-state index in [0.29, 0.717) is 17.5 Å². The molecule has 3 atom stereocenters. The average Bonchev–Trinajstić information content (AvgIpc) is 3.58. The lowest BCUT2D eigenvalue weighted by molar-refractivity contribution is -0.138. The van der Waals surface area contributed by atoms with Crippen LogP contribution in [0.2, 0.25) is 0 Å². The smallest absolute Gasteiger partial charge is 0.254 e. The first-order valence-electron chi connectivity index (χ1n) is 13.6. The van der Waals surface area contributed by atoms with Crippen LogP contribution in [0.1, 0.15) is 32.7 Å². The lowest BCUT2D eigenvalue weighted by Gasteiger charge is -2.28. The second-order valence-corrected chi connectivity index (χ2v) is 11.5. The van der Waals surface area contributed by atoms with Gasteiger partial charge in [-0.1, -0.05) is 40.2 Å². The normalized spacial score (nSPS) is 18.6. The van der Waals surface area contributed by atoms with Gasteiger partial charge < -0.3 is 20.2 Å². The van der Waals surface area contributed by atoms with Crippen LogP contribution in [0.25, 0.3) is 10.9 Å². The predicted octanol–water partition coefficient (Wildman–Crippen LogP) is 3.74. The van der Waals surface area contributed by atoms with Crippen molar-refractivity contribution in [1.29, 1.82) is 0 Å². The molecule has 2 saturated heterocycles. The Balaban J connectivity index is 1.24. The number of carbonyl (C=O) groups is 4. The number of likely N-dealkylation sites (tertiary alicyclic amines) is 2. The van der Waals surface area contributed by atoms with E-state index in [0.717, 1.165) is 20.9 Å². The van der Waals surface area contributed by atoms with Crippen molar-refractivity contribution in [2.24, 2.45) is 0 Å². The molecule has 212 valence electrons. The van der Waals surface area contributed by atoms with E-state index in [9.17, 15) is 24.3 Å². The molecular weight excluding hydrogens is 600 g/mol. The number of rotatable bonds is 6. The zero-order valence-corrected chi connectivity index (χ0v) is 24.0. The van der Waals surface area contributed by atoms with Gasteiger partial charge in [-0.25, -0.2) is 0 Å². The molecule has 1 aromatic heterocycles. The molecule has 2 aliphatic rings. The van der Waals surface area contributed by atoms with E-state index in [1.807, 2.05) is 6.07 Å². The van der Waals surface area contributed by atoms with Crippen LogP contribution in [-0.2, 0) is 16.0 Å². The molecule has 4 aromatic rings. The van der Waals surface area contributed by atoms with Gasteiger partial charge in [0, 0.05) is 40.1 Å². The molecule has 2 N–H and O–H groups in total. The Hall–Kier alpha value is -4.57. The van der Waals surface area contributed by atoms with Gasteiger partial charge in [-0.3, -0.25) is 24.2 Å². The van der Waals surface area contributed by atoms with Crippen LogP contribution < -0.4 is 5.32 Å². The number of phenolic OH excluding ortho intramolecular Hbond substituents is 1. The topological polar surface area (TPSA) is 120 Å². The summed E-state index contributed by atoms with van der Waals surface area (Å²) >= 11 is 3.37. The number of nitrogens with one attached hydrogen (secondary N) is 1. The highest BCUT2D eigenvalue weighted by atomic mass is 79.9. The number of carbonyl (C=O) groups excluding carboxylic acids is 4. The monoisotopic (exact) mass is 626 g/mol. The van der Waals surface area contributed by atoms with E-state index in [2.05, 4.69) is 26.2 Å². The van der Waals surface area contributed by atoms with Crippen LogP contribution in [0.5, 0.6) is 5.75 Å². The van der Waals surface area contributed by atoms with E-state index < -0.39 is 29.9 Å². The Bertz CT molecular complexity index is 1710. The minimum atomic E-state index is -0.967. The number of Topliss-reactive ketones (excluding diaryl/α,β-unsaturated/α-hetero) is 1. The first kappa shape index (κ1) is 27.6. The number of hydrogen-bond acceptors (Lipinski definition) is 6.